The van der Waals surface area contributed by atoms with E-state index >= 15 is 0 Å². The van der Waals surface area contributed by atoms with Gasteiger partial charge in [-0.25, -0.2) is 14.0 Å². The van der Waals surface area contributed by atoms with Crippen LogP contribution in [-0.4, -0.2) is 40.5 Å². The topological polar surface area (TPSA) is 110 Å². The number of hydrogen-bond donors (Lipinski definition) is 2. The Hall–Kier alpha value is -2.69. The van der Waals surface area contributed by atoms with Crippen LogP contribution >= 0.6 is 11.6 Å². The molecule has 0 aromatic heterocycles. The van der Waals surface area contributed by atoms with Crippen LogP contribution in [0.3, 0.4) is 0 Å². The van der Waals surface area contributed by atoms with Crippen LogP contribution in [0.2, 0.25) is 5.02 Å². The minimum Gasteiger partial charge on any atom is -0.478 e. The van der Waals surface area contributed by atoms with E-state index in [-0.39, 0.29) is 0 Å². The molecule has 7 nitrogen and oxygen atoms in total. The molecular formula is C15H12ClF4NO6. The summed E-state index contributed by atoms with van der Waals surface area (Å²) < 4.78 is 55.0. The predicted molar refractivity (Wildman–Crippen MR) is 82.8 cm³/mol. The van der Waals surface area contributed by atoms with E-state index in [1.54, 1.807) is 5.32 Å². The molecule has 1 aromatic rings. The van der Waals surface area contributed by atoms with Gasteiger partial charge in [-0.2, -0.15) is 13.2 Å². The van der Waals surface area contributed by atoms with E-state index in [4.69, 9.17) is 21.4 Å². The second-order valence-electron chi connectivity index (χ2n) is 5.66. The highest BCUT2D eigenvalue weighted by Gasteiger charge is 2.39. The first-order chi connectivity index (χ1) is 12.1. The quantitative estimate of drug-likeness (QED) is 0.421. The van der Waals surface area contributed by atoms with Crippen LogP contribution < -0.4 is 5.32 Å². The number of esters is 1. The van der Waals surface area contributed by atoms with Gasteiger partial charge in [0, 0.05) is 0 Å². The Morgan fingerprint density at radius 3 is 2.22 bits per heavy atom. The summed E-state index contributed by atoms with van der Waals surface area (Å²) in [6, 6.07) is 1.21. The van der Waals surface area contributed by atoms with E-state index < -0.39 is 63.9 Å². The molecule has 0 saturated carbocycles. The van der Waals surface area contributed by atoms with Crippen molar-refractivity contribution in [3.8, 4) is 0 Å². The Morgan fingerprint density at radius 2 is 1.74 bits per heavy atom. The first kappa shape index (κ1) is 22.4. The zero-order valence-electron chi connectivity index (χ0n) is 13.7. The summed E-state index contributed by atoms with van der Waals surface area (Å²) in [5.74, 6) is -7.81. The number of benzene rings is 1. The van der Waals surface area contributed by atoms with Gasteiger partial charge in [-0.15, -0.1) is 0 Å². The number of carbonyl (C=O) groups excluding carboxylic acids is 3. The molecule has 2 N–H and O–H groups in total. The van der Waals surface area contributed by atoms with Crippen LogP contribution in [0.25, 0.3) is 0 Å². The van der Waals surface area contributed by atoms with Crippen LogP contribution in [0.15, 0.2) is 12.1 Å². The molecule has 1 amide bonds. The van der Waals surface area contributed by atoms with Gasteiger partial charge in [0.05, 0.1) is 22.7 Å². The van der Waals surface area contributed by atoms with Crippen LogP contribution in [0.5, 0.6) is 0 Å². The van der Waals surface area contributed by atoms with Crippen molar-refractivity contribution in [1.82, 2.24) is 0 Å². The Labute approximate surface area is 154 Å². The molecular weight excluding hydrogens is 402 g/mol. The summed E-state index contributed by atoms with van der Waals surface area (Å²) >= 11 is 5.68. The highest BCUT2D eigenvalue weighted by Crippen LogP contribution is 2.27. The lowest BCUT2D eigenvalue weighted by molar-refractivity contribution is -0.171. The van der Waals surface area contributed by atoms with Crippen molar-refractivity contribution in [2.75, 3.05) is 5.32 Å². The summed E-state index contributed by atoms with van der Waals surface area (Å²) in [7, 11) is 0. The highest BCUT2D eigenvalue weighted by molar-refractivity contribution is 6.33. The number of rotatable bonds is 6. The fourth-order valence-corrected chi connectivity index (χ4v) is 1.80. The number of hydrogen-bond acceptors (Lipinski definition) is 5. The van der Waals surface area contributed by atoms with Gasteiger partial charge in [0.2, 0.25) is 17.3 Å². The molecule has 1 aromatic carbocycles. The second-order valence-corrected chi connectivity index (χ2v) is 6.07. The van der Waals surface area contributed by atoms with Crippen molar-refractivity contribution < 1.29 is 46.6 Å². The normalized spacial score (nSPS) is 11.7. The van der Waals surface area contributed by atoms with Gasteiger partial charge in [-0.05, 0) is 26.0 Å². The number of carboxylic acid groups (broad SMARTS) is 1. The third-order valence-electron chi connectivity index (χ3n) is 3.05. The van der Waals surface area contributed by atoms with Crippen molar-refractivity contribution in [2.24, 2.45) is 0 Å². The molecule has 148 valence electrons. The summed E-state index contributed by atoms with van der Waals surface area (Å²) in [4.78, 5) is 45.3. The lowest BCUT2D eigenvalue weighted by atomic mass is 10.1. The lowest BCUT2D eigenvalue weighted by Crippen LogP contribution is -2.37. The molecule has 0 fully saturated rings. The van der Waals surface area contributed by atoms with Crippen molar-refractivity contribution in [2.45, 2.75) is 32.0 Å². The maximum absolute atomic E-state index is 13.8. The van der Waals surface area contributed by atoms with Crippen molar-refractivity contribution >= 4 is 40.9 Å². The third-order valence-corrected chi connectivity index (χ3v) is 3.36. The summed E-state index contributed by atoms with van der Waals surface area (Å²) in [5.41, 5.74) is -3.26. The van der Waals surface area contributed by atoms with Gasteiger partial charge in [-0.3, -0.25) is 9.59 Å². The van der Waals surface area contributed by atoms with E-state index in [2.05, 4.69) is 0 Å². The average molecular weight is 414 g/mol. The number of anilines is 1. The molecule has 0 aliphatic rings. The van der Waals surface area contributed by atoms with Gasteiger partial charge in [0.1, 0.15) is 5.82 Å². The smallest absolute Gasteiger partial charge is 0.450 e. The van der Waals surface area contributed by atoms with Gasteiger partial charge >= 0.3 is 18.1 Å². The Kier molecular flexibility index (Phi) is 6.54. The number of carbonyl (C=O) groups is 4. The monoisotopic (exact) mass is 413 g/mol. The molecule has 0 unspecified atom stereocenters. The molecule has 0 heterocycles. The molecule has 1 rings (SSSR count). The second kappa shape index (κ2) is 7.91. The van der Waals surface area contributed by atoms with Crippen molar-refractivity contribution in [3.63, 3.8) is 0 Å². The minimum absolute atomic E-state index is 0.497. The SMILES string of the molecule is CC(C)(OC(=O)c1cc(NC(=O)CC(=O)C(F)(F)F)c(F)cc1Cl)C(=O)O. The maximum Gasteiger partial charge on any atom is 0.450 e. The van der Waals surface area contributed by atoms with E-state index in [0.29, 0.717) is 12.1 Å². The van der Waals surface area contributed by atoms with Crippen LogP contribution in [0.4, 0.5) is 23.2 Å². The number of aliphatic carboxylic acids is 1. The Morgan fingerprint density at radius 1 is 1.19 bits per heavy atom. The van der Waals surface area contributed by atoms with Gasteiger partial charge in [0.15, 0.2) is 0 Å². The van der Waals surface area contributed by atoms with Gasteiger partial charge in [-0.1, -0.05) is 11.6 Å². The molecule has 0 saturated heterocycles. The number of ether oxygens (including phenoxy) is 1. The van der Waals surface area contributed by atoms with Crippen molar-refractivity contribution in [1.29, 1.82) is 0 Å². The molecule has 27 heavy (non-hydrogen) atoms. The van der Waals surface area contributed by atoms with E-state index in [0.717, 1.165) is 13.8 Å². The van der Waals surface area contributed by atoms with E-state index in [1.807, 2.05) is 0 Å². The zero-order valence-corrected chi connectivity index (χ0v) is 14.5. The number of alkyl halides is 3. The number of halogens is 5. The summed E-state index contributed by atoms with van der Waals surface area (Å²) in [5, 5.41) is 10.1. The minimum atomic E-state index is -5.24. The highest BCUT2D eigenvalue weighted by atomic mass is 35.5. The first-order valence-electron chi connectivity index (χ1n) is 7.01. The maximum atomic E-state index is 13.8. The number of Topliss-reactive ketones (excluding diaryl/α,β-unsaturated/α-hetero) is 1. The largest absolute Gasteiger partial charge is 0.478 e. The van der Waals surface area contributed by atoms with Crippen LogP contribution in [0.1, 0.15) is 30.6 Å². The number of amides is 1. The fraction of sp³-hybridized carbons (Fsp3) is 0.333. The molecule has 0 radical (unpaired) electrons. The van der Waals surface area contributed by atoms with E-state index in [9.17, 15) is 36.7 Å². The number of nitrogens with one attached hydrogen (secondary N) is 1. The standard InChI is InChI=1S/C15H12ClF4NO6/c1-14(2,13(25)26)27-12(24)6-3-9(8(17)4-7(6)16)21-11(23)5-10(22)15(18,19)20/h3-4H,5H2,1-2H3,(H,21,23)(H,25,26). The number of ketones is 1. The molecule has 0 aliphatic heterocycles. The third kappa shape index (κ3) is 5.91. The first-order valence-corrected chi connectivity index (χ1v) is 7.38. The zero-order chi connectivity index (χ0) is 21.2. The van der Waals surface area contributed by atoms with Crippen LogP contribution in [-0.2, 0) is 19.1 Å². The van der Waals surface area contributed by atoms with E-state index in [1.165, 1.54) is 0 Å². The fourth-order valence-electron chi connectivity index (χ4n) is 1.57. The predicted octanol–water partition coefficient (Wildman–Crippen LogP) is 2.96. The van der Waals surface area contributed by atoms with Crippen molar-refractivity contribution in [3.05, 3.63) is 28.5 Å². The average Bonchev–Trinajstić information content (AvgIpc) is 2.48. The van der Waals surface area contributed by atoms with Gasteiger partial charge in [0.25, 0.3) is 0 Å². The molecule has 0 atom stereocenters. The van der Waals surface area contributed by atoms with Crippen LogP contribution in [0, 0.1) is 5.82 Å². The Bertz CT molecular complexity index is 806. The molecule has 0 bridgehead atoms. The molecule has 0 aliphatic carbocycles. The Balaban J connectivity index is 3.06. The number of carboxylic acids is 1. The molecule has 0 spiro atoms. The summed E-state index contributed by atoms with van der Waals surface area (Å²) in [6.07, 6.45) is -6.84. The molecule has 12 heteroatoms. The lowest BCUT2D eigenvalue weighted by Gasteiger charge is -2.20. The summed E-state index contributed by atoms with van der Waals surface area (Å²) in [6.45, 7) is 2.10. The van der Waals surface area contributed by atoms with Gasteiger partial charge < -0.3 is 15.2 Å².